The van der Waals surface area contributed by atoms with E-state index in [9.17, 15) is 0 Å². The van der Waals surface area contributed by atoms with Crippen LogP contribution in [-0.4, -0.2) is 9.97 Å². The zero-order valence-corrected chi connectivity index (χ0v) is 10.8. The fraction of sp³-hybridized carbons (Fsp3) is 0.133. The van der Waals surface area contributed by atoms with Gasteiger partial charge in [0.15, 0.2) is 0 Å². The van der Waals surface area contributed by atoms with Gasteiger partial charge in [-0.3, -0.25) is 0 Å². The Morgan fingerprint density at radius 2 is 1.89 bits per heavy atom. The van der Waals surface area contributed by atoms with Gasteiger partial charge in [-0.15, -0.1) is 0 Å². The van der Waals surface area contributed by atoms with Crippen molar-refractivity contribution in [1.29, 1.82) is 0 Å². The van der Waals surface area contributed by atoms with Crippen LogP contribution < -0.4 is 0 Å². The zero-order chi connectivity index (χ0) is 12.5. The Balaban J connectivity index is 2.01. The number of hydrogen-bond acceptors (Lipinski definition) is 1. The molecule has 0 aliphatic heterocycles. The lowest BCUT2D eigenvalue weighted by molar-refractivity contribution is 1.16. The van der Waals surface area contributed by atoms with Crippen molar-refractivity contribution in [2.75, 3.05) is 0 Å². The maximum atomic E-state index is 5.90. The fourth-order valence-electron chi connectivity index (χ4n) is 2.18. The molecule has 0 amide bonds. The number of aryl methyl sites for hydroxylation is 1. The first-order chi connectivity index (χ1) is 8.72. The topological polar surface area (TPSA) is 28.7 Å². The van der Waals surface area contributed by atoms with Crippen LogP contribution in [0.5, 0.6) is 0 Å². The summed E-state index contributed by atoms with van der Waals surface area (Å²) in [5, 5.41) is 0.771. The van der Waals surface area contributed by atoms with Crippen LogP contribution in [0.15, 0.2) is 42.5 Å². The van der Waals surface area contributed by atoms with E-state index in [0.29, 0.717) is 0 Å². The molecular formula is C15H13ClN2. The Bertz CT molecular complexity index is 683. The summed E-state index contributed by atoms with van der Waals surface area (Å²) in [5.74, 6) is 0.952. The van der Waals surface area contributed by atoms with Crippen molar-refractivity contribution in [3.63, 3.8) is 0 Å². The van der Waals surface area contributed by atoms with Gasteiger partial charge in [-0.1, -0.05) is 35.9 Å². The molecule has 3 heteroatoms. The van der Waals surface area contributed by atoms with Crippen LogP contribution in [0.3, 0.4) is 0 Å². The van der Waals surface area contributed by atoms with Crippen LogP contribution in [0.2, 0.25) is 5.02 Å². The molecule has 0 spiro atoms. The maximum Gasteiger partial charge on any atom is 0.104 e. The van der Waals surface area contributed by atoms with E-state index >= 15 is 0 Å². The van der Waals surface area contributed by atoms with Crippen LogP contribution in [0.1, 0.15) is 17.0 Å². The second-order valence-electron chi connectivity index (χ2n) is 4.44. The lowest BCUT2D eigenvalue weighted by atomic mass is 10.0. The number of rotatable bonds is 2. The Morgan fingerprint density at radius 1 is 1.11 bits per heavy atom. The van der Waals surface area contributed by atoms with E-state index in [1.165, 1.54) is 11.1 Å². The molecule has 3 aromatic rings. The third-order valence-electron chi connectivity index (χ3n) is 3.02. The number of aromatic nitrogens is 2. The smallest absolute Gasteiger partial charge is 0.104 e. The first kappa shape index (κ1) is 11.3. The Hall–Kier alpha value is -1.80. The summed E-state index contributed by atoms with van der Waals surface area (Å²) in [4.78, 5) is 7.81. The second-order valence-corrected chi connectivity index (χ2v) is 4.88. The molecule has 0 radical (unpaired) electrons. The third-order valence-corrected chi connectivity index (χ3v) is 3.27. The summed E-state index contributed by atoms with van der Waals surface area (Å²) in [7, 11) is 0. The minimum atomic E-state index is 0.771. The molecule has 90 valence electrons. The van der Waals surface area contributed by atoms with Gasteiger partial charge in [-0.25, -0.2) is 4.98 Å². The Labute approximate surface area is 111 Å². The Morgan fingerprint density at radius 3 is 2.67 bits per heavy atom. The van der Waals surface area contributed by atoms with Gasteiger partial charge in [0, 0.05) is 5.02 Å². The highest BCUT2D eigenvalue weighted by Gasteiger charge is 2.05. The number of para-hydroxylation sites is 1. The summed E-state index contributed by atoms with van der Waals surface area (Å²) in [6.07, 6.45) is 0.874. The van der Waals surface area contributed by atoms with Crippen molar-refractivity contribution in [3.8, 4) is 0 Å². The highest BCUT2D eigenvalue weighted by molar-refractivity contribution is 6.30. The van der Waals surface area contributed by atoms with Gasteiger partial charge in [0.05, 0.1) is 11.0 Å². The van der Waals surface area contributed by atoms with Crippen LogP contribution in [0.25, 0.3) is 11.0 Å². The number of fused-ring (bicyclic) bond motifs is 1. The first-order valence-corrected chi connectivity index (χ1v) is 6.29. The van der Waals surface area contributed by atoms with Crippen molar-refractivity contribution in [2.45, 2.75) is 13.3 Å². The third kappa shape index (κ3) is 2.12. The molecule has 0 fully saturated rings. The van der Waals surface area contributed by atoms with E-state index in [0.717, 1.165) is 28.3 Å². The number of aromatic amines is 1. The number of nitrogens with one attached hydrogen (secondary N) is 1. The minimum absolute atomic E-state index is 0.771. The van der Waals surface area contributed by atoms with Gasteiger partial charge in [-0.2, -0.15) is 0 Å². The van der Waals surface area contributed by atoms with Crippen LogP contribution in [0, 0.1) is 6.92 Å². The first-order valence-electron chi connectivity index (χ1n) is 5.91. The molecule has 3 rings (SSSR count). The van der Waals surface area contributed by atoms with E-state index in [-0.39, 0.29) is 0 Å². The van der Waals surface area contributed by atoms with Gasteiger partial charge in [0.2, 0.25) is 0 Å². The average Bonchev–Trinajstić information content (AvgIpc) is 2.73. The quantitative estimate of drug-likeness (QED) is 0.734. The maximum absolute atomic E-state index is 5.90. The fourth-order valence-corrected chi connectivity index (χ4v) is 2.31. The van der Waals surface area contributed by atoms with Gasteiger partial charge >= 0.3 is 0 Å². The molecule has 0 bridgehead atoms. The molecule has 0 aliphatic carbocycles. The molecule has 0 atom stereocenters. The van der Waals surface area contributed by atoms with E-state index in [4.69, 9.17) is 11.6 Å². The highest BCUT2D eigenvalue weighted by Crippen LogP contribution is 2.20. The summed E-state index contributed by atoms with van der Waals surface area (Å²) >= 11 is 5.90. The number of benzene rings is 2. The van der Waals surface area contributed by atoms with Crippen LogP contribution >= 0.6 is 11.6 Å². The van der Waals surface area contributed by atoms with E-state index in [2.05, 4.69) is 40.3 Å². The highest BCUT2D eigenvalue weighted by atomic mass is 35.5. The van der Waals surface area contributed by atoms with Crippen molar-refractivity contribution >= 4 is 22.6 Å². The zero-order valence-electron chi connectivity index (χ0n) is 10.1. The lowest BCUT2D eigenvalue weighted by Gasteiger charge is -2.03. The standard InChI is InChI=1S/C15H13ClN2/c1-10-17-14-4-2-3-12(15(14)18-10)9-11-5-7-13(16)8-6-11/h2-8H,9H2,1H3,(H,17,18). The number of nitrogens with zero attached hydrogens (tertiary/aromatic N) is 1. The van der Waals surface area contributed by atoms with Gasteiger partial charge in [-0.05, 0) is 42.7 Å². The van der Waals surface area contributed by atoms with Crippen molar-refractivity contribution in [2.24, 2.45) is 0 Å². The summed E-state index contributed by atoms with van der Waals surface area (Å²) in [6.45, 7) is 1.98. The predicted octanol–water partition coefficient (Wildman–Crippen LogP) is 4.12. The molecule has 2 nitrogen and oxygen atoms in total. The molecule has 1 N–H and O–H groups in total. The average molecular weight is 257 g/mol. The van der Waals surface area contributed by atoms with E-state index < -0.39 is 0 Å². The van der Waals surface area contributed by atoms with Crippen LogP contribution in [0.4, 0.5) is 0 Å². The molecule has 1 heterocycles. The van der Waals surface area contributed by atoms with Crippen molar-refractivity contribution in [1.82, 2.24) is 9.97 Å². The number of hydrogen-bond donors (Lipinski definition) is 1. The molecular weight excluding hydrogens is 244 g/mol. The molecule has 0 aliphatic rings. The second kappa shape index (κ2) is 4.46. The molecule has 0 saturated heterocycles. The molecule has 2 aromatic carbocycles. The summed E-state index contributed by atoms with van der Waals surface area (Å²) in [5.41, 5.74) is 4.63. The van der Waals surface area contributed by atoms with Gasteiger partial charge < -0.3 is 4.98 Å². The minimum Gasteiger partial charge on any atom is -0.342 e. The summed E-state index contributed by atoms with van der Waals surface area (Å²) < 4.78 is 0. The predicted molar refractivity (Wildman–Crippen MR) is 75.1 cm³/mol. The van der Waals surface area contributed by atoms with Gasteiger partial charge in [0.1, 0.15) is 5.82 Å². The van der Waals surface area contributed by atoms with E-state index in [1.54, 1.807) is 0 Å². The van der Waals surface area contributed by atoms with Crippen LogP contribution in [-0.2, 0) is 6.42 Å². The normalized spacial score (nSPS) is 11.0. The largest absolute Gasteiger partial charge is 0.342 e. The summed E-state index contributed by atoms with van der Waals surface area (Å²) in [6, 6.07) is 14.2. The number of H-pyrrole nitrogens is 1. The molecule has 18 heavy (non-hydrogen) atoms. The van der Waals surface area contributed by atoms with E-state index in [1.807, 2.05) is 19.1 Å². The number of halogens is 1. The SMILES string of the molecule is Cc1nc2c(Cc3ccc(Cl)cc3)cccc2[nH]1. The molecule has 0 unspecified atom stereocenters. The Kier molecular flexibility index (Phi) is 2.80. The van der Waals surface area contributed by atoms with Gasteiger partial charge in [0.25, 0.3) is 0 Å². The molecule has 0 saturated carbocycles. The monoisotopic (exact) mass is 256 g/mol. The molecule has 1 aromatic heterocycles. The van der Waals surface area contributed by atoms with Crippen molar-refractivity contribution in [3.05, 3.63) is 64.4 Å². The number of imidazole rings is 1. The lowest BCUT2D eigenvalue weighted by Crippen LogP contribution is -1.89. The van der Waals surface area contributed by atoms with Crippen molar-refractivity contribution < 1.29 is 0 Å².